The van der Waals surface area contributed by atoms with E-state index in [9.17, 15) is 0 Å². The molecule has 1 aliphatic heterocycles. The average Bonchev–Trinajstić information content (AvgIpc) is 3.07. The Morgan fingerprint density at radius 1 is 1.26 bits per heavy atom. The number of benzene rings is 1. The zero-order chi connectivity index (χ0) is 13.1. The van der Waals surface area contributed by atoms with Crippen molar-refractivity contribution in [1.82, 2.24) is 0 Å². The van der Waals surface area contributed by atoms with Crippen molar-refractivity contribution in [3.63, 3.8) is 0 Å². The molecule has 4 nitrogen and oxygen atoms in total. The number of nitrogens with two attached hydrogens (primary N) is 1. The third kappa shape index (κ3) is 2.67. The predicted octanol–water partition coefficient (Wildman–Crippen LogP) is 2.56. The molecular weight excluding hydrogens is 262 g/mol. The summed E-state index contributed by atoms with van der Waals surface area (Å²) in [6.45, 7) is 1.41. The van der Waals surface area contributed by atoms with Crippen LogP contribution in [0.5, 0.6) is 17.2 Å². The Hall–Kier alpha value is -1.72. The van der Waals surface area contributed by atoms with E-state index in [1.807, 2.05) is 23.6 Å². The molecule has 0 spiro atoms. The van der Waals surface area contributed by atoms with Crippen molar-refractivity contribution < 1.29 is 14.2 Å². The van der Waals surface area contributed by atoms with Crippen LogP contribution in [-0.2, 0) is 13.0 Å². The number of rotatable bonds is 5. The summed E-state index contributed by atoms with van der Waals surface area (Å²) >= 11 is 1.68. The van der Waals surface area contributed by atoms with Gasteiger partial charge >= 0.3 is 0 Å². The lowest BCUT2D eigenvalue weighted by molar-refractivity contribution is 0.173. The highest BCUT2D eigenvalue weighted by atomic mass is 32.1. The number of ether oxygens (including phenoxy) is 3. The molecule has 1 aromatic heterocycles. The van der Waals surface area contributed by atoms with Crippen LogP contribution in [0.25, 0.3) is 0 Å². The summed E-state index contributed by atoms with van der Waals surface area (Å²) in [5.74, 6) is 2.33. The van der Waals surface area contributed by atoms with Gasteiger partial charge in [0.15, 0.2) is 11.5 Å². The molecule has 0 aliphatic carbocycles. The summed E-state index contributed by atoms with van der Waals surface area (Å²) < 4.78 is 16.6. The van der Waals surface area contributed by atoms with E-state index in [0.29, 0.717) is 13.2 Å². The van der Waals surface area contributed by atoms with Crippen LogP contribution in [-0.4, -0.2) is 13.3 Å². The molecule has 0 unspecified atom stereocenters. The molecule has 3 rings (SSSR count). The fourth-order valence-corrected chi connectivity index (χ4v) is 2.61. The number of fused-ring (bicyclic) bond motifs is 1. The number of thiophene rings is 1. The minimum absolute atomic E-state index is 0.270. The Balaban J connectivity index is 1.82. The van der Waals surface area contributed by atoms with Gasteiger partial charge < -0.3 is 19.9 Å². The molecule has 2 N–H and O–H groups in total. The van der Waals surface area contributed by atoms with Gasteiger partial charge in [0, 0.05) is 10.9 Å². The lowest BCUT2D eigenvalue weighted by Crippen LogP contribution is -2.05. The molecule has 100 valence electrons. The third-order valence-electron chi connectivity index (χ3n) is 2.92. The molecule has 0 fully saturated rings. The molecule has 0 saturated heterocycles. The largest absolute Gasteiger partial charge is 0.488 e. The van der Waals surface area contributed by atoms with E-state index < -0.39 is 0 Å². The quantitative estimate of drug-likeness (QED) is 0.912. The van der Waals surface area contributed by atoms with Crippen molar-refractivity contribution in [3.05, 3.63) is 40.1 Å². The lowest BCUT2D eigenvalue weighted by Gasteiger charge is -2.11. The second-order valence-electron chi connectivity index (χ2n) is 4.22. The SMILES string of the molecule is NCCc1cc2c(cc1OCc1cccs1)OCO2. The first-order valence-corrected chi connectivity index (χ1v) is 7.02. The molecular formula is C14H15NO3S. The molecule has 0 bridgehead atoms. The van der Waals surface area contributed by atoms with E-state index in [1.54, 1.807) is 11.3 Å². The fourth-order valence-electron chi connectivity index (χ4n) is 1.99. The van der Waals surface area contributed by atoms with Crippen LogP contribution in [0.3, 0.4) is 0 Å². The van der Waals surface area contributed by atoms with Gasteiger partial charge in [-0.25, -0.2) is 0 Å². The van der Waals surface area contributed by atoms with Gasteiger partial charge in [-0.2, -0.15) is 0 Å². The van der Waals surface area contributed by atoms with Crippen molar-refractivity contribution in [2.75, 3.05) is 13.3 Å². The Morgan fingerprint density at radius 3 is 2.84 bits per heavy atom. The smallest absolute Gasteiger partial charge is 0.231 e. The first-order chi connectivity index (χ1) is 9.36. The lowest BCUT2D eigenvalue weighted by atomic mass is 10.1. The summed E-state index contributed by atoms with van der Waals surface area (Å²) in [6.07, 6.45) is 0.760. The van der Waals surface area contributed by atoms with Crippen molar-refractivity contribution in [3.8, 4) is 17.2 Å². The van der Waals surface area contributed by atoms with E-state index in [0.717, 1.165) is 29.2 Å². The van der Waals surface area contributed by atoms with Gasteiger partial charge in [0.2, 0.25) is 6.79 Å². The van der Waals surface area contributed by atoms with Crippen molar-refractivity contribution in [2.24, 2.45) is 5.73 Å². The van der Waals surface area contributed by atoms with Crippen LogP contribution >= 0.6 is 11.3 Å². The van der Waals surface area contributed by atoms with Gasteiger partial charge in [0.1, 0.15) is 12.4 Å². The van der Waals surface area contributed by atoms with Crippen LogP contribution in [0, 0.1) is 0 Å². The van der Waals surface area contributed by atoms with Crippen molar-refractivity contribution >= 4 is 11.3 Å². The van der Waals surface area contributed by atoms with Crippen LogP contribution in [0.2, 0.25) is 0 Å². The molecule has 2 aromatic rings. The van der Waals surface area contributed by atoms with Gasteiger partial charge in [-0.05, 0) is 36.0 Å². The Bertz CT molecular complexity index is 554. The second kappa shape index (κ2) is 5.50. The fraction of sp³-hybridized carbons (Fsp3) is 0.286. The maximum atomic E-state index is 5.88. The van der Waals surface area contributed by atoms with Gasteiger partial charge in [0.05, 0.1) is 0 Å². The molecule has 0 atom stereocenters. The average molecular weight is 277 g/mol. The molecule has 0 amide bonds. The maximum Gasteiger partial charge on any atom is 0.231 e. The normalized spacial score (nSPS) is 12.7. The van der Waals surface area contributed by atoms with Crippen LogP contribution < -0.4 is 19.9 Å². The van der Waals surface area contributed by atoms with E-state index in [-0.39, 0.29) is 6.79 Å². The topological polar surface area (TPSA) is 53.7 Å². The summed E-state index contributed by atoms with van der Waals surface area (Å²) in [7, 11) is 0. The van der Waals surface area contributed by atoms with Crippen molar-refractivity contribution in [2.45, 2.75) is 13.0 Å². The maximum absolute atomic E-state index is 5.88. The van der Waals surface area contributed by atoms with E-state index in [4.69, 9.17) is 19.9 Å². The highest BCUT2D eigenvalue weighted by Gasteiger charge is 2.17. The second-order valence-corrected chi connectivity index (χ2v) is 5.25. The Morgan fingerprint density at radius 2 is 2.11 bits per heavy atom. The van der Waals surface area contributed by atoms with E-state index in [1.165, 1.54) is 4.88 Å². The van der Waals surface area contributed by atoms with Crippen LogP contribution in [0.4, 0.5) is 0 Å². The zero-order valence-corrected chi connectivity index (χ0v) is 11.2. The minimum atomic E-state index is 0.270. The third-order valence-corrected chi connectivity index (χ3v) is 3.77. The molecule has 19 heavy (non-hydrogen) atoms. The van der Waals surface area contributed by atoms with Crippen LogP contribution in [0.15, 0.2) is 29.6 Å². The van der Waals surface area contributed by atoms with Gasteiger partial charge in [-0.15, -0.1) is 11.3 Å². The summed E-state index contributed by atoms with van der Waals surface area (Å²) in [4.78, 5) is 1.19. The minimum Gasteiger partial charge on any atom is -0.488 e. The van der Waals surface area contributed by atoms with Gasteiger partial charge in [0.25, 0.3) is 0 Å². The predicted molar refractivity (Wildman–Crippen MR) is 74.0 cm³/mol. The van der Waals surface area contributed by atoms with Crippen molar-refractivity contribution in [1.29, 1.82) is 0 Å². The number of hydrogen-bond donors (Lipinski definition) is 1. The highest BCUT2D eigenvalue weighted by molar-refractivity contribution is 7.09. The van der Waals surface area contributed by atoms with E-state index in [2.05, 4.69) is 6.07 Å². The monoisotopic (exact) mass is 277 g/mol. The molecule has 1 aromatic carbocycles. The zero-order valence-electron chi connectivity index (χ0n) is 10.4. The standard InChI is InChI=1S/C14H15NO3S/c15-4-3-10-6-13-14(18-9-17-13)7-12(10)16-8-11-2-1-5-19-11/h1-2,5-7H,3-4,8-9,15H2. The molecule has 1 aliphatic rings. The van der Waals surface area contributed by atoms with E-state index >= 15 is 0 Å². The first kappa shape index (κ1) is 12.3. The van der Waals surface area contributed by atoms with Gasteiger partial charge in [-0.1, -0.05) is 6.07 Å². The highest BCUT2D eigenvalue weighted by Crippen LogP contribution is 2.38. The van der Waals surface area contributed by atoms with Gasteiger partial charge in [-0.3, -0.25) is 0 Å². The first-order valence-electron chi connectivity index (χ1n) is 6.14. The summed E-state index contributed by atoms with van der Waals surface area (Å²) in [6, 6.07) is 7.92. The molecule has 5 heteroatoms. The van der Waals surface area contributed by atoms with Crippen LogP contribution in [0.1, 0.15) is 10.4 Å². The Kier molecular flexibility index (Phi) is 3.57. The molecule has 0 saturated carbocycles. The molecule has 2 heterocycles. The molecule has 0 radical (unpaired) electrons. The Labute approximate surface area is 115 Å². The number of hydrogen-bond acceptors (Lipinski definition) is 5. The summed E-state index contributed by atoms with van der Waals surface area (Å²) in [5.41, 5.74) is 6.70. The summed E-state index contributed by atoms with van der Waals surface area (Å²) in [5, 5.41) is 2.04.